The lowest BCUT2D eigenvalue weighted by Gasteiger charge is -2.26. The van der Waals surface area contributed by atoms with E-state index < -0.39 is 17.4 Å². The van der Waals surface area contributed by atoms with Crippen LogP contribution < -0.4 is 10.7 Å². The molecule has 1 aromatic carbocycles. The van der Waals surface area contributed by atoms with Crippen LogP contribution >= 0.6 is 11.6 Å². The number of rotatable bonds is 6. The van der Waals surface area contributed by atoms with Gasteiger partial charge in [-0.15, -0.1) is 0 Å². The molecule has 1 heterocycles. The van der Waals surface area contributed by atoms with Gasteiger partial charge < -0.3 is 15.7 Å². The molecule has 1 saturated heterocycles. The number of carbonyl (C=O) groups excluding carboxylic acids is 1. The second kappa shape index (κ2) is 7.50. The van der Waals surface area contributed by atoms with E-state index in [-0.39, 0.29) is 5.91 Å². The molecule has 0 radical (unpaired) electrons. The highest BCUT2D eigenvalue weighted by atomic mass is 35.5. The average Bonchev–Trinajstić information content (AvgIpc) is 3.28. The van der Waals surface area contributed by atoms with Gasteiger partial charge in [0.2, 0.25) is 5.91 Å². The third-order valence-corrected chi connectivity index (χ3v) is 5.50. The zero-order valence-electron chi connectivity index (χ0n) is 14.5. The van der Waals surface area contributed by atoms with E-state index in [1.54, 1.807) is 0 Å². The van der Waals surface area contributed by atoms with Crippen molar-refractivity contribution in [1.29, 1.82) is 0 Å². The number of hydrogen-bond donors (Lipinski definition) is 3. The van der Waals surface area contributed by atoms with Crippen LogP contribution in [0.25, 0.3) is 0 Å². The number of amides is 1. The fraction of sp³-hybridized carbons (Fsp3) is 0.421. The highest BCUT2D eigenvalue weighted by Gasteiger charge is 2.58. The van der Waals surface area contributed by atoms with E-state index in [4.69, 9.17) is 17.3 Å². The number of halogens is 1. The van der Waals surface area contributed by atoms with Crippen LogP contribution in [0.2, 0.25) is 0 Å². The minimum Gasteiger partial charge on any atom is -0.480 e. The third-order valence-electron chi connectivity index (χ3n) is 5.17. The highest BCUT2D eigenvalue weighted by molar-refractivity contribution is 6.68. The van der Waals surface area contributed by atoms with Crippen molar-refractivity contribution in [1.82, 2.24) is 4.90 Å². The van der Waals surface area contributed by atoms with Crippen LogP contribution in [-0.4, -0.2) is 39.6 Å². The lowest BCUT2D eigenvalue weighted by Crippen LogP contribution is -2.71. The van der Waals surface area contributed by atoms with Crippen molar-refractivity contribution in [3.05, 3.63) is 47.7 Å². The van der Waals surface area contributed by atoms with E-state index in [1.165, 1.54) is 11.1 Å². The summed E-state index contributed by atoms with van der Waals surface area (Å²) in [5.41, 5.74) is 6.62. The fourth-order valence-corrected chi connectivity index (χ4v) is 3.89. The Labute approximate surface area is 157 Å². The van der Waals surface area contributed by atoms with Gasteiger partial charge in [0.1, 0.15) is 6.04 Å². The summed E-state index contributed by atoms with van der Waals surface area (Å²) in [6, 6.07) is 9.01. The first-order chi connectivity index (χ1) is 12.5. The van der Waals surface area contributed by atoms with Crippen LogP contribution in [0.4, 0.5) is 0 Å². The molecule has 26 heavy (non-hydrogen) atoms. The highest BCUT2D eigenvalue weighted by Crippen LogP contribution is 2.54. The van der Waals surface area contributed by atoms with Crippen LogP contribution in [-0.2, 0) is 16.1 Å². The van der Waals surface area contributed by atoms with Gasteiger partial charge in [0.15, 0.2) is 6.54 Å². The number of nitrogens with zero attached hydrogens (tertiary/aromatic N) is 1. The lowest BCUT2D eigenvalue weighted by atomic mass is 9.94. The van der Waals surface area contributed by atoms with Crippen molar-refractivity contribution in [3.63, 3.8) is 0 Å². The number of carbonyl (C=O) groups is 2. The van der Waals surface area contributed by atoms with Gasteiger partial charge in [0.25, 0.3) is 5.17 Å². The van der Waals surface area contributed by atoms with Crippen LogP contribution in [0, 0.1) is 5.41 Å². The Morgan fingerprint density at radius 2 is 2.04 bits per heavy atom. The van der Waals surface area contributed by atoms with Crippen LogP contribution in [0.15, 0.2) is 42.1 Å². The first-order valence-electron chi connectivity index (χ1n) is 8.76. The fourth-order valence-electron chi connectivity index (χ4n) is 3.58. The smallest absolute Gasteiger partial charge is 0.326 e. The molecule has 1 atom stereocenters. The topological polar surface area (TPSA) is 97.6 Å². The maximum atomic E-state index is 13.1. The van der Waals surface area contributed by atoms with Gasteiger partial charge in [-0.25, -0.2) is 9.79 Å². The number of likely N-dealkylation sites (tertiary alicyclic amines) is 1. The zero-order valence-corrected chi connectivity index (χ0v) is 15.2. The second-order valence-corrected chi connectivity index (χ2v) is 7.19. The largest absolute Gasteiger partial charge is 0.480 e. The third kappa shape index (κ3) is 3.46. The van der Waals surface area contributed by atoms with E-state index in [0.29, 0.717) is 49.5 Å². The Balaban J connectivity index is 1.78. The molecule has 1 aliphatic carbocycles. The van der Waals surface area contributed by atoms with Crippen molar-refractivity contribution in [2.24, 2.45) is 11.1 Å². The molecule has 3 rings (SSSR count). The van der Waals surface area contributed by atoms with E-state index in [2.05, 4.69) is 4.99 Å². The van der Waals surface area contributed by atoms with Crippen molar-refractivity contribution in [3.8, 4) is 0 Å². The van der Waals surface area contributed by atoms with Crippen molar-refractivity contribution in [2.75, 3.05) is 6.54 Å². The molecule has 0 bridgehead atoms. The Morgan fingerprint density at radius 3 is 2.62 bits per heavy atom. The molecule has 4 N–H and O–H groups in total. The SMILES string of the molecule is N/C=C(\C(Cl)=[NH+]Cc1ccccc1)C1(C(=O)N2CCC[C@H]2C(=O)O)CC1. The standard InChI is InChI=1S/C19H22ClN3O3/c20-16(22-12-13-5-2-1-3-6-13)14(11-21)19(8-9-19)18(26)23-10-4-7-15(23)17(24)25/h1-3,5-6,11,15H,4,7-10,12,21H2,(H,24,25)/p+1/b14-11+,22-16?/t15-/m0/s1. The minimum absolute atomic E-state index is 0.182. The number of hydrogen-bond acceptors (Lipinski definition) is 3. The number of nitrogens with two attached hydrogens (primary N) is 1. The Hall–Kier alpha value is -2.34. The van der Waals surface area contributed by atoms with E-state index >= 15 is 0 Å². The van der Waals surface area contributed by atoms with Crippen molar-refractivity contribution < 1.29 is 19.7 Å². The molecule has 0 unspecified atom stereocenters. The van der Waals surface area contributed by atoms with E-state index in [1.807, 2.05) is 30.3 Å². The Kier molecular flexibility index (Phi) is 5.32. The first kappa shape index (κ1) is 18.5. The van der Waals surface area contributed by atoms with E-state index in [0.717, 1.165) is 5.56 Å². The molecule has 1 amide bonds. The van der Waals surface area contributed by atoms with Gasteiger partial charge in [-0.3, -0.25) is 4.79 Å². The van der Waals surface area contributed by atoms with Gasteiger partial charge in [-0.1, -0.05) is 30.3 Å². The molecule has 138 valence electrons. The zero-order chi connectivity index (χ0) is 18.7. The molecular formula is C19H23ClN3O3+. The molecule has 2 aliphatic rings. The Morgan fingerprint density at radius 1 is 1.35 bits per heavy atom. The molecule has 1 aromatic rings. The number of carboxylic acid groups (broad SMARTS) is 1. The number of benzene rings is 1. The summed E-state index contributed by atoms with van der Waals surface area (Å²) in [6.07, 6.45) is 3.81. The summed E-state index contributed by atoms with van der Waals surface area (Å²) < 4.78 is 0. The first-order valence-corrected chi connectivity index (χ1v) is 9.14. The summed E-state index contributed by atoms with van der Waals surface area (Å²) in [6.45, 7) is 0.979. The van der Waals surface area contributed by atoms with Gasteiger partial charge in [0.05, 0.1) is 11.0 Å². The molecule has 6 nitrogen and oxygen atoms in total. The molecule has 0 spiro atoms. The van der Waals surface area contributed by atoms with Crippen molar-refractivity contribution >= 4 is 28.6 Å². The van der Waals surface area contributed by atoms with E-state index in [9.17, 15) is 14.7 Å². The maximum Gasteiger partial charge on any atom is 0.326 e. The van der Waals surface area contributed by atoms with Crippen LogP contribution in [0.5, 0.6) is 0 Å². The van der Waals surface area contributed by atoms with Gasteiger partial charge in [0, 0.05) is 18.3 Å². The van der Waals surface area contributed by atoms with Crippen molar-refractivity contribution in [2.45, 2.75) is 38.3 Å². The molecule has 7 heteroatoms. The van der Waals surface area contributed by atoms with Gasteiger partial charge >= 0.3 is 5.97 Å². The number of aliphatic carboxylic acids is 1. The monoisotopic (exact) mass is 376 g/mol. The summed E-state index contributed by atoms with van der Waals surface area (Å²) >= 11 is 6.44. The summed E-state index contributed by atoms with van der Waals surface area (Å²) in [4.78, 5) is 29.1. The van der Waals surface area contributed by atoms with Crippen LogP contribution in [0.1, 0.15) is 31.2 Å². The number of nitrogens with one attached hydrogen (secondary N) is 1. The lowest BCUT2D eigenvalue weighted by molar-refractivity contribution is -0.472. The molecule has 2 fully saturated rings. The van der Waals surface area contributed by atoms with Gasteiger partial charge in [-0.2, -0.15) is 0 Å². The molecule has 1 saturated carbocycles. The summed E-state index contributed by atoms with van der Waals surface area (Å²) in [5.74, 6) is -1.14. The molecule has 1 aliphatic heterocycles. The summed E-state index contributed by atoms with van der Waals surface area (Å²) in [5, 5.41) is 9.70. The summed E-state index contributed by atoms with van der Waals surface area (Å²) in [7, 11) is 0. The molecule has 0 aromatic heterocycles. The average molecular weight is 377 g/mol. The number of carboxylic acids is 1. The quantitative estimate of drug-likeness (QED) is 0.633. The predicted molar refractivity (Wildman–Crippen MR) is 98.3 cm³/mol. The molecular weight excluding hydrogens is 354 g/mol. The van der Waals surface area contributed by atoms with Gasteiger partial charge in [-0.05, 0) is 37.3 Å². The predicted octanol–water partition coefficient (Wildman–Crippen LogP) is 0.603. The normalized spacial score (nSPS) is 22.3. The second-order valence-electron chi connectivity index (χ2n) is 6.81. The maximum absolute atomic E-state index is 13.1. The Bertz CT molecular complexity index is 757. The van der Waals surface area contributed by atoms with Crippen LogP contribution in [0.3, 0.4) is 0 Å². The minimum atomic E-state index is -0.956.